The summed E-state index contributed by atoms with van der Waals surface area (Å²) in [6, 6.07) is 0. The van der Waals surface area contributed by atoms with Gasteiger partial charge in [0.1, 0.15) is 4.90 Å². The molecule has 20 heavy (non-hydrogen) atoms. The second-order valence-electron chi connectivity index (χ2n) is 4.28. The van der Waals surface area contributed by atoms with Crippen molar-refractivity contribution in [3.8, 4) is 0 Å². The third-order valence-corrected chi connectivity index (χ3v) is 4.02. The lowest BCUT2D eigenvalue weighted by Crippen LogP contribution is -2.27. The zero-order valence-corrected chi connectivity index (χ0v) is 12.9. The van der Waals surface area contributed by atoms with Gasteiger partial charge in [0.05, 0.1) is 19.3 Å². The number of hydrogen-bond acceptors (Lipinski definition) is 5. The van der Waals surface area contributed by atoms with Crippen molar-refractivity contribution in [2.24, 2.45) is 0 Å². The van der Waals surface area contributed by atoms with Gasteiger partial charge in [-0.3, -0.25) is 4.68 Å². The molecule has 1 aromatic rings. The van der Waals surface area contributed by atoms with Crippen LogP contribution in [-0.2, 0) is 21.3 Å². The fourth-order valence-electron chi connectivity index (χ4n) is 1.58. The van der Waals surface area contributed by atoms with Crippen LogP contribution in [0.25, 0.3) is 0 Å². The SMILES string of the molecule is CCCNCCn1cc(S(=O)(=O)NCCOCC)cn1. The maximum absolute atomic E-state index is 11.9. The van der Waals surface area contributed by atoms with Crippen LogP contribution >= 0.6 is 0 Å². The van der Waals surface area contributed by atoms with E-state index in [-0.39, 0.29) is 11.4 Å². The molecular formula is C12H24N4O3S. The molecule has 0 unspecified atom stereocenters. The molecule has 0 bridgehead atoms. The number of nitrogens with zero attached hydrogens (tertiary/aromatic N) is 2. The zero-order chi connectivity index (χ0) is 14.8. The fourth-order valence-corrected chi connectivity index (χ4v) is 2.54. The van der Waals surface area contributed by atoms with E-state index in [0.717, 1.165) is 19.5 Å². The lowest BCUT2D eigenvalue weighted by atomic mass is 10.5. The number of rotatable bonds is 11. The van der Waals surface area contributed by atoms with Gasteiger partial charge in [-0.2, -0.15) is 5.10 Å². The Balaban J connectivity index is 2.44. The molecule has 0 spiro atoms. The van der Waals surface area contributed by atoms with Crippen LogP contribution < -0.4 is 10.0 Å². The maximum atomic E-state index is 11.9. The molecule has 0 aliphatic heterocycles. The first-order valence-corrected chi connectivity index (χ1v) is 8.39. The third kappa shape index (κ3) is 6.00. The highest BCUT2D eigenvalue weighted by molar-refractivity contribution is 7.89. The van der Waals surface area contributed by atoms with Crippen molar-refractivity contribution in [1.29, 1.82) is 0 Å². The van der Waals surface area contributed by atoms with Gasteiger partial charge in [-0.15, -0.1) is 0 Å². The summed E-state index contributed by atoms with van der Waals surface area (Å²) in [5, 5.41) is 7.29. The van der Waals surface area contributed by atoms with Gasteiger partial charge < -0.3 is 10.1 Å². The topological polar surface area (TPSA) is 85.2 Å². The Kier molecular flexibility index (Phi) is 7.75. The van der Waals surface area contributed by atoms with Crippen LogP contribution in [0.4, 0.5) is 0 Å². The number of aromatic nitrogens is 2. The first kappa shape index (κ1) is 17.1. The van der Waals surface area contributed by atoms with Crippen LogP contribution in [0.2, 0.25) is 0 Å². The smallest absolute Gasteiger partial charge is 0.243 e. The highest BCUT2D eigenvalue weighted by Crippen LogP contribution is 2.06. The van der Waals surface area contributed by atoms with Gasteiger partial charge in [-0.25, -0.2) is 13.1 Å². The normalized spacial score (nSPS) is 11.9. The quantitative estimate of drug-likeness (QED) is 0.570. The minimum Gasteiger partial charge on any atom is -0.380 e. The van der Waals surface area contributed by atoms with Crippen molar-refractivity contribution >= 4 is 10.0 Å². The van der Waals surface area contributed by atoms with Crippen molar-refractivity contribution in [2.45, 2.75) is 31.7 Å². The van der Waals surface area contributed by atoms with E-state index >= 15 is 0 Å². The van der Waals surface area contributed by atoms with Crippen LogP contribution in [0.1, 0.15) is 20.3 Å². The predicted molar refractivity (Wildman–Crippen MR) is 77.1 cm³/mol. The molecule has 0 aliphatic rings. The minimum atomic E-state index is -3.49. The van der Waals surface area contributed by atoms with E-state index in [2.05, 4.69) is 22.1 Å². The standard InChI is InChI=1S/C12H24N4O3S/c1-3-5-13-6-8-16-11-12(10-14-16)20(17,18)15-7-9-19-4-2/h10-11,13,15H,3-9H2,1-2H3. The molecular weight excluding hydrogens is 280 g/mol. The molecule has 7 nitrogen and oxygen atoms in total. The summed E-state index contributed by atoms with van der Waals surface area (Å²) in [4.78, 5) is 0.185. The Morgan fingerprint density at radius 1 is 1.30 bits per heavy atom. The van der Waals surface area contributed by atoms with E-state index in [9.17, 15) is 8.42 Å². The predicted octanol–water partition coefficient (Wildman–Crippen LogP) is 0.198. The van der Waals surface area contributed by atoms with Gasteiger partial charge in [0, 0.05) is 25.9 Å². The Morgan fingerprint density at radius 3 is 2.80 bits per heavy atom. The zero-order valence-electron chi connectivity index (χ0n) is 12.1. The van der Waals surface area contributed by atoms with Crippen molar-refractivity contribution < 1.29 is 13.2 Å². The third-order valence-electron chi connectivity index (χ3n) is 2.61. The van der Waals surface area contributed by atoms with Crippen LogP contribution in [0.3, 0.4) is 0 Å². The Labute approximate surface area is 120 Å². The molecule has 1 rings (SSSR count). The lowest BCUT2D eigenvalue weighted by Gasteiger charge is -2.05. The molecule has 2 N–H and O–H groups in total. The lowest BCUT2D eigenvalue weighted by molar-refractivity contribution is 0.153. The van der Waals surface area contributed by atoms with Crippen LogP contribution in [0.5, 0.6) is 0 Å². The van der Waals surface area contributed by atoms with Crippen LogP contribution in [0, 0.1) is 0 Å². The van der Waals surface area contributed by atoms with Gasteiger partial charge in [0.15, 0.2) is 0 Å². The number of hydrogen-bond donors (Lipinski definition) is 2. The van der Waals surface area contributed by atoms with Gasteiger partial charge in [0.25, 0.3) is 0 Å². The van der Waals surface area contributed by atoms with Crippen molar-refractivity contribution in [3.63, 3.8) is 0 Å². The van der Waals surface area contributed by atoms with E-state index in [0.29, 0.717) is 19.8 Å². The van der Waals surface area contributed by atoms with Gasteiger partial charge in [0.2, 0.25) is 10.0 Å². The molecule has 0 aromatic carbocycles. The highest BCUT2D eigenvalue weighted by atomic mass is 32.2. The average molecular weight is 304 g/mol. The molecule has 0 atom stereocenters. The van der Waals surface area contributed by atoms with Gasteiger partial charge in [-0.05, 0) is 19.9 Å². The van der Waals surface area contributed by atoms with Crippen molar-refractivity contribution in [3.05, 3.63) is 12.4 Å². The van der Waals surface area contributed by atoms with Crippen LogP contribution in [0.15, 0.2) is 17.3 Å². The van der Waals surface area contributed by atoms with Crippen molar-refractivity contribution in [2.75, 3.05) is 32.8 Å². The Hall–Kier alpha value is -0.960. The summed E-state index contributed by atoms with van der Waals surface area (Å²) in [5.74, 6) is 0. The molecule has 1 aromatic heterocycles. The van der Waals surface area contributed by atoms with E-state index in [1.807, 2.05) is 6.92 Å². The molecule has 0 aliphatic carbocycles. The molecule has 8 heteroatoms. The highest BCUT2D eigenvalue weighted by Gasteiger charge is 2.15. The molecule has 0 fully saturated rings. The molecule has 0 saturated carbocycles. The summed E-state index contributed by atoms with van der Waals surface area (Å²) in [7, 11) is -3.49. The summed E-state index contributed by atoms with van der Waals surface area (Å²) in [6.07, 6.45) is 3.97. The van der Waals surface area contributed by atoms with Crippen LogP contribution in [-0.4, -0.2) is 51.0 Å². The maximum Gasteiger partial charge on any atom is 0.243 e. The second kappa shape index (κ2) is 9.06. The number of sulfonamides is 1. The summed E-state index contributed by atoms with van der Waals surface area (Å²) < 4.78 is 33.1. The van der Waals surface area contributed by atoms with E-state index in [1.165, 1.54) is 12.4 Å². The summed E-state index contributed by atoms with van der Waals surface area (Å²) in [6.45, 7) is 7.53. The molecule has 0 amide bonds. The van der Waals surface area contributed by atoms with Gasteiger partial charge in [-0.1, -0.05) is 6.92 Å². The molecule has 0 radical (unpaired) electrons. The average Bonchev–Trinajstić information content (AvgIpc) is 2.89. The van der Waals surface area contributed by atoms with E-state index < -0.39 is 10.0 Å². The number of ether oxygens (including phenoxy) is 1. The second-order valence-corrected chi connectivity index (χ2v) is 6.05. The molecule has 0 saturated heterocycles. The van der Waals surface area contributed by atoms with E-state index in [4.69, 9.17) is 4.74 Å². The van der Waals surface area contributed by atoms with E-state index in [1.54, 1.807) is 4.68 Å². The van der Waals surface area contributed by atoms with Gasteiger partial charge >= 0.3 is 0 Å². The molecule has 1 heterocycles. The molecule has 116 valence electrons. The first-order valence-electron chi connectivity index (χ1n) is 6.90. The minimum absolute atomic E-state index is 0.185. The monoisotopic (exact) mass is 304 g/mol. The van der Waals surface area contributed by atoms with Crippen molar-refractivity contribution in [1.82, 2.24) is 19.8 Å². The first-order chi connectivity index (χ1) is 9.60. The Bertz CT molecular complexity index is 473. The number of nitrogens with one attached hydrogen (secondary N) is 2. The Morgan fingerprint density at radius 2 is 2.10 bits per heavy atom. The summed E-state index contributed by atoms with van der Waals surface area (Å²) >= 11 is 0. The fraction of sp³-hybridized carbons (Fsp3) is 0.750. The largest absolute Gasteiger partial charge is 0.380 e. The summed E-state index contributed by atoms with van der Waals surface area (Å²) in [5.41, 5.74) is 0.